The van der Waals surface area contributed by atoms with Crippen molar-refractivity contribution >= 4 is 0 Å². The predicted octanol–water partition coefficient (Wildman–Crippen LogP) is 2.23. The molecule has 1 aliphatic heterocycles. The van der Waals surface area contributed by atoms with E-state index in [1.807, 2.05) is 0 Å². The van der Waals surface area contributed by atoms with E-state index in [2.05, 4.69) is 41.1 Å². The second kappa shape index (κ2) is 7.74. The highest BCUT2D eigenvalue weighted by Gasteiger charge is 2.20. The Labute approximate surface area is 122 Å². The topological polar surface area (TPSA) is 54.2 Å². The van der Waals surface area contributed by atoms with Crippen LogP contribution in [0.4, 0.5) is 0 Å². The largest absolute Gasteiger partial charge is 0.338 e. The fraction of sp³-hybridized carbons (Fsp3) is 0.867. The van der Waals surface area contributed by atoms with Gasteiger partial charge in [0.25, 0.3) is 0 Å². The molecular formula is C15H28N4O. The van der Waals surface area contributed by atoms with E-state index in [9.17, 15) is 0 Å². The van der Waals surface area contributed by atoms with Crippen molar-refractivity contribution in [3.8, 4) is 0 Å². The Morgan fingerprint density at radius 2 is 2.30 bits per heavy atom. The van der Waals surface area contributed by atoms with E-state index in [1.165, 1.54) is 12.8 Å². The van der Waals surface area contributed by atoms with Gasteiger partial charge in [0.05, 0.1) is 6.54 Å². The highest BCUT2D eigenvalue weighted by Crippen LogP contribution is 2.12. The summed E-state index contributed by atoms with van der Waals surface area (Å²) in [5.74, 6) is 2.24. The van der Waals surface area contributed by atoms with Crippen LogP contribution in [0.1, 0.15) is 51.7 Å². The average Bonchev–Trinajstić information content (AvgIpc) is 3.01. The van der Waals surface area contributed by atoms with Crippen LogP contribution >= 0.6 is 0 Å². The minimum atomic E-state index is 0.617. The molecule has 1 fully saturated rings. The lowest BCUT2D eigenvalue weighted by Gasteiger charge is -2.25. The third-order valence-corrected chi connectivity index (χ3v) is 3.61. The molecule has 2 heterocycles. The Bertz CT molecular complexity index is 385. The molecule has 1 N–H and O–H groups in total. The summed E-state index contributed by atoms with van der Waals surface area (Å²) in [5.41, 5.74) is 0. The highest BCUT2D eigenvalue weighted by atomic mass is 16.5. The molecule has 0 aliphatic carbocycles. The van der Waals surface area contributed by atoms with E-state index in [4.69, 9.17) is 4.52 Å². The summed E-state index contributed by atoms with van der Waals surface area (Å²) >= 11 is 0. The number of nitrogens with one attached hydrogen (secondary N) is 1. The smallest absolute Gasteiger partial charge is 0.240 e. The maximum absolute atomic E-state index is 5.37. The molecule has 1 aliphatic rings. The first-order chi connectivity index (χ1) is 9.67. The lowest BCUT2D eigenvalue weighted by atomic mass is 10.1. The van der Waals surface area contributed by atoms with Crippen LogP contribution in [-0.2, 0) is 13.0 Å². The van der Waals surface area contributed by atoms with E-state index in [-0.39, 0.29) is 0 Å². The Kier molecular flexibility index (Phi) is 5.98. The van der Waals surface area contributed by atoms with Gasteiger partial charge in [-0.25, -0.2) is 0 Å². The van der Waals surface area contributed by atoms with E-state index < -0.39 is 0 Å². The van der Waals surface area contributed by atoms with Crippen LogP contribution in [0.3, 0.4) is 0 Å². The van der Waals surface area contributed by atoms with Gasteiger partial charge in [0.15, 0.2) is 5.82 Å². The molecule has 0 radical (unpaired) electrons. The van der Waals surface area contributed by atoms with Crippen molar-refractivity contribution in [2.45, 2.75) is 59.0 Å². The zero-order chi connectivity index (χ0) is 14.4. The Morgan fingerprint density at radius 3 is 2.95 bits per heavy atom. The SMILES string of the molecule is CCCc1noc(CN(CC(C)C)CC2CCCN2)n1. The quantitative estimate of drug-likeness (QED) is 0.791. The van der Waals surface area contributed by atoms with Crippen LogP contribution in [0.25, 0.3) is 0 Å². The highest BCUT2D eigenvalue weighted by molar-refractivity contribution is 4.88. The predicted molar refractivity (Wildman–Crippen MR) is 79.4 cm³/mol. The van der Waals surface area contributed by atoms with Crippen molar-refractivity contribution in [2.75, 3.05) is 19.6 Å². The molecule has 1 saturated heterocycles. The molecule has 1 unspecified atom stereocenters. The molecule has 114 valence electrons. The van der Waals surface area contributed by atoms with Crippen LogP contribution in [0.5, 0.6) is 0 Å². The van der Waals surface area contributed by atoms with E-state index >= 15 is 0 Å². The van der Waals surface area contributed by atoms with Gasteiger partial charge >= 0.3 is 0 Å². The lowest BCUT2D eigenvalue weighted by molar-refractivity contribution is 0.190. The summed E-state index contributed by atoms with van der Waals surface area (Å²) < 4.78 is 5.37. The molecule has 0 amide bonds. The van der Waals surface area contributed by atoms with Crippen LogP contribution in [0, 0.1) is 5.92 Å². The fourth-order valence-corrected chi connectivity index (χ4v) is 2.82. The van der Waals surface area contributed by atoms with Crippen molar-refractivity contribution in [1.82, 2.24) is 20.4 Å². The zero-order valence-electron chi connectivity index (χ0n) is 13.1. The Hall–Kier alpha value is -0.940. The first kappa shape index (κ1) is 15.4. The Balaban J connectivity index is 1.90. The van der Waals surface area contributed by atoms with Crippen molar-refractivity contribution < 1.29 is 4.52 Å². The van der Waals surface area contributed by atoms with Gasteiger partial charge in [-0.2, -0.15) is 4.98 Å². The molecule has 0 bridgehead atoms. The molecule has 1 aromatic heterocycles. The second-order valence-electron chi connectivity index (χ2n) is 6.24. The number of hydrogen-bond donors (Lipinski definition) is 1. The van der Waals surface area contributed by atoms with Crippen LogP contribution < -0.4 is 5.32 Å². The third-order valence-electron chi connectivity index (χ3n) is 3.61. The molecule has 5 nitrogen and oxygen atoms in total. The molecule has 2 rings (SSSR count). The standard InChI is InChI=1S/C15H28N4O/c1-4-6-14-17-15(20-18-14)11-19(9-12(2)3)10-13-7-5-8-16-13/h12-13,16H,4-11H2,1-3H3. The molecule has 0 saturated carbocycles. The van der Waals surface area contributed by atoms with Gasteiger partial charge in [0, 0.05) is 25.6 Å². The first-order valence-corrected chi connectivity index (χ1v) is 7.94. The normalized spacial score (nSPS) is 19.4. The molecule has 0 aromatic carbocycles. The summed E-state index contributed by atoms with van der Waals surface area (Å²) in [6, 6.07) is 0.617. The lowest BCUT2D eigenvalue weighted by Crippen LogP contribution is -2.39. The molecule has 5 heteroatoms. The zero-order valence-corrected chi connectivity index (χ0v) is 13.1. The molecular weight excluding hydrogens is 252 g/mol. The molecule has 20 heavy (non-hydrogen) atoms. The number of hydrogen-bond acceptors (Lipinski definition) is 5. The van der Waals surface area contributed by atoms with E-state index in [0.29, 0.717) is 12.0 Å². The van der Waals surface area contributed by atoms with Gasteiger partial charge in [-0.1, -0.05) is 25.9 Å². The maximum atomic E-state index is 5.37. The molecule has 1 atom stereocenters. The van der Waals surface area contributed by atoms with Crippen molar-refractivity contribution in [2.24, 2.45) is 5.92 Å². The Morgan fingerprint density at radius 1 is 1.45 bits per heavy atom. The fourth-order valence-electron chi connectivity index (χ4n) is 2.82. The molecule has 0 spiro atoms. The van der Waals surface area contributed by atoms with Gasteiger partial charge in [-0.3, -0.25) is 4.90 Å². The summed E-state index contributed by atoms with van der Waals surface area (Å²) in [6.45, 7) is 10.7. The van der Waals surface area contributed by atoms with Gasteiger partial charge in [0.1, 0.15) is 0 Å². The summed E-state index contributed by atoms with van der Waals surface area (Å²) in [5, 5.41) is 7.60. The summed E-state index contributed by atoms with van der Waals surface area (Å²) in [7, 11) is 0. The van der Waals surface area contributed by atoms with Crippen molar-refractivity contribution in [3.63, 3.8) is 0 Å². The van der Waals surface area contributed by atoms with Crippen molar-refractivity contribution in [1.29, 1.82) is 0 Å². The van der Waals surface area contributed by atoms with Gasteiger partial charge in [-0.15, -0.1) is 0 Å². The monoisotopic (exact) mass is 280 g/mol. The van der Waals surface area contributed by atoms with Crippen LogP contribution in [0.2, 0.25) is 0 Å². The average molecular weight is 280 g/mol. The van der Waals surface area contributed by atoms with Gasteiger partial charge in [0.2, 0.25) is 5.89 Å². The van der Waals surface area contributed by atoms with Crippen molar-refractivity contribution in [3.05, 3.63) is 11.7 Å². The van der Waals surface area contributed by atoms with Gasteiger partial charge < -0.3 is 9.84 Å². The summed E-state index contributed by atoms with van der Waals surface area (Å²) in [4.78, 5) is 6.92. The van der Waals surface area contributed by atoms with Crippen LogP contribution in [0.15, 0.2) is 4.52 Å². The number of nitrogens with zero attached hydrogens (tertiary/aromatic N) is 3. The second-order valence-corrected chi connectivity index (χ2v) is 6.24. The number of aryl methyl sites for hydroxylation is 1. The maximum Gasteiger partial charge on any atom is 0.240 e. The first-order valence-electron chi connectivity index (χ1n) is 7.94. The number of aromatic nitrogens is 2. The molecule has 1 aromatic rings. The van der Waals surface area contributed by atoms with Gasteiger partial charge in [-0.05, 0) is 31.7 Å². The third kappa shape index (κ3) is 4.87. The van der Waals surface area contributed by atoms with E-state index in [0.717, 1.165) is 50.7 Å². The van der Waals surface area contributed by atoms with Crippen LogP contribution in [-0.4, -0.2) is 40.7 Å². The number of rotatable bonds is 8. The van der Waals surface area contributed by atoms with E-state index in [1.54, 1.807) is 0 Å². The minimum Gasteiger partial charge on any atom is -0.338 e. The minimum absolute atomic E-state index is 0.617. The summed E-state index contributed by atoms with van der Waals surface area (Å²) in [6.07, 6.45) is 4.53.